The molecule has 0 N–H and O–H groups in total. The second-order valence-corrected chi connectivity index (χ2v) is 14.4. The van der Waals surface area contributed by atoms with Crippen molar-refractivity contribution in [3.63, 3.8) is 0 Å². The predicted molar refractivity (Wildman–Crippen MR) is 185 cm³/mol. The lowest BCUT2D eigenvalue weighted by atomic mass is 10.1. The number of carbonyl (C=O) groups excluding carboxylic acids is 2. The molecule has 6 nitrogen and oxygen atoms in total. The first kappa shape index (κ1) is 40.1. The molecule has 0 saturated heterocycles. The Balaban J connectivity index is 2.23. The highest BCUT2D eigenvalue weighted by Gasteiger charge is 2.23. The van der Waals surface area contributed by atoms with Crippen molar-refractivity contribution in [2.45, 2.75) is 142 Å². The summed E-state index contributed by atoms with van der Waals surface area (Å²) in [6.07, 6.45) is 26.2. The summed E-state index contributed by atoms with van der Waals surface area (Å²) in [5.74, 6) is 0.479. The third-order valence-electron chi connectivity index (χ3n) is 8.64. The van der Waals surface area contributed by atoms with Crippen molar-refractivity contribution in [3.8, 4) is 11.5 Å². The Morgan fingerprint density at radius 3 is 0.977 bits per heavy atom. The normalized spacial score (nSPS) is 12.0. The van der Waals surface area contributed by atoms with Crippen molar-refractivity contribution >= 4 is 11.9 Å². The highest BCUT2D eigenvalue weighted by Crippen LogP contribution is 2.19. The molecule has 0 aliphatic rings. The molecule has 0 aromatic heterocycles. The van der Waals surface area contributed by atoms with Crippen molar-refractivity contribution in [1.29, 1.82) is 0 Å². The van der Waals surface area contributed by atoms with Crippen molar-refractivity contribution in [3.05, 3.63) is 24.3 Å². The third kappa shape index (κ3) is 22.6. The molecule has 1 aromatic rings. The summed E-state index contributed by atoms with van der Waals surface area (Å²) in [5.41, 5.74) is 0. The van der Waals surface area contributed by atoms with E-state index in [1.54, 1.807) is 24.3 Å². The lowest BCUT2D eigenvalue weighted by Crippen LogP contribution is -2.45. The maximum atomic E-state index is 12.6. The highest BCUT2D eigenvalue weighted by molar-refractivity contribution is 5.74. The van der Waals surface area contributed by atoms with Crippen LogP contribution in [0.2, 0.25) is 0 Å². The van der Waals surface area contributed by atoms with E-state index in [4.69, 9.17) is 9.47 Å². The number of benzene rings is 1. The molecule has 0 amide bonds. The Morgan fingerprint density at radius 2 is 0.705 bits per heavy atom. The fraction of sp³-hybridized carbons (Fsp3) is 0.789. The van der Waals surface area contributed by atoms with Gasteiger partial charge in [-0.05, 0) is 49.9 Å². The van der Waals surface area contributed by atoms with Gasteiger partial charge in [-0.15, -0.1) is 0 Å². The van der Waals surface area contributed by atoms with Gasteiger partial charge in [-0.25, -0.2) is 9.59 Å². The Morgan fingerprint density at radius 1 is 0.455 bits per heavy atom. The Labute approximate surface area is 272 Å². The van der Waals surface area contributed by atoms with Crippen LogP contribution in [0.1, 0.15) is 142 Å². The van der Waals surface area contributed by atoms with E-state index in [1.807, 2.05) is 0 Å². The fourth-order valence-electron chi connectivity index (χ4n) is 5.81. The van der Waals surface area contributed by atoms with Crippen molar-refractivity contribution in [2.75, 3.05) is 54.4 Å². The summed E-state index contributed by atoms with van der Waals surface area (Å²) in [7, 11) is 8.37. The van der Waals surface area contributed by atoms with E-state index in [1.165, 1.54) is 116 Å². The summed E-state index contributed by atoms with van der Waals surface area (Å²) in [6.45, 7) is 7.12. The third-order valence-corrected chi connectivity index (χ3v) is 8.64. The first-order chi connectivity index (χ1) is 21.1. The number of hydrogen-bond donors (Lipinski definition) is 0. The van der Waals surface area contributed by atoms with Crippen LogP contribution in [-0.4, -0.2) is 75.3 Å². The van der Waals surface area contributed by atoms with E-state index in [-0.39, 0.29) is 11.9 Å². The van der Waals surface area contributed by atoms with Gasteiger partial charge in [0, 0.05) is 0 Å². The van der Waals surface area contributed by atoms with Gasteiger partial charge >= 0.3 is 11.9 Å². The molecule has 0 spiro atoms. The van der Waals surface area contributed by atoms with Crippen LogP contribution in [0, 0.1) is 0 Å². The molecule has 0 fully saturated rings. The van der Waals surface area contributed by atoms with Crippen molar-refractivity contribution in [1.82, 2.24) is 0 Å². The van der Waals surface area contributed by atoms with E-state index < -0.39 is 0 Å². The zero-order valence-electron chi connectivity index (χ0n) is 29.8. The van der Waals surface area contributed by atoms with E-state index in [0.29, 0.717) is 33.6 Å². The summed E-state index contributed by atoms with van der Waals surface area (Å²) in [4.78, 5) is 25.2. The molecule has 0 aliphatic carbocycles. The quantitative estimate of drug-likeness (QED) is 0.0406. The predicted octanol–water partition coefficient (Wildman–Crippen LogP) is 9.49. The topological polar surface area (TPSA) is 52.6 Å². The number of unbranched alkanes of at least 4 members (excludes halogenated alkanes) is 18. The molecule has 6 heteroatoms. The van der Waals surface area contributed by atoms with Crippen LogP contribution in [0.25, 0.3) is 0 Å². The smallest absolute Gasteiger partial charge is 0.367 e. The lowest BCUT2D eigenvalue weighted by molar-refractivity contribution is -0.883. The molecular formula is C38H70N2O4+2. The summed E-state index contributed by atoms with van der Waals surface area (Å²) in [6, 6.07) is 6.80. The van der Waals surface area contributed by atoms with Gasteiger partial charge in [-0.1, -0.05) is 117 Å². The zero-order chi connectivity index (χ0) is 32.5. The minimum absolute atomic E-state index is 0.238. The van der Waals surface area contributed by atoms with Gasteiger partial charge < -0.3 is 18.4 Å². The fourth-order valence-corrected chi connectivity index (χ4v) is 5.81. The largest absolute Gasteiger partial charge is 0.422 e. The Kier molecular flexibility index (Phi) is 22.2. The number of likely N-dealkylation sites (N-methyl/N-ethyl adjacent to an activating group) is 2. The van der Waals surface area contributed by atoms with Crippen LogP contribution in [-0.2, 0) is 9.59 Å². The average molecular weight is 619 g/mol. The van der Waals surface area contributed by atoms with Gasteiger partial charge in [0.15, 0.2) is 13.1 Å². The SMILES string of the molecule is CCCCCCCCCCCC[N+](C)(C)CC(=O)Oc1ccc(OC(=O)C[N+](C)(C)CCCCCCCCCCCC)cc1. The molecule has 44 heavy (non-hydrogen) atoms. The average Bonchev–Trinajstić information content (AvgIpc) is 2.95. The molecule has 0 heterocycles. The molecule has 0 aliphatic heterocycles. The van der Waals surface area contributed by atoms with Crippen molar-refractivity contribution in [2.24, 2.45) is 0 Å². The van der Waals surface area contributed by atoms with Crippen LogP contribution in [0.3, 0.4) is 0 Å². The summed E-state index contributed by atoms with van der Waals surface area (Å²) >= 11 is 0. The number of carbonyl (C=O) groups is 2. The number of quaternary nitrogens is 2. The summed E-state index contributed by atoms with van der Waals surface area (Å²) < 4.78 is 12.4. The number of rotatable bonds is 28. The minimum atomic E-state index is -0.238. The molecule has 254 valence electrons. The molecule has 0 bridgehead atoms. The first-order valence-corrected chi connectivity index (χ1v) is 18.2. The minimum Gasteiger partial charge on any atom is -0.422 e. The van der Waals surface area contributed by atoms with Gasteiger partial charge in [-0.3, -0.25) is 0 Å². The second-order valence-electron chi connectivity index (χ2n) is 14.4. The van der Waals surface area contributed by atoms with Gasteiger partial charge in [0.1, 0.15) is 11.5 Å². The molecule has 1 rings (SSSR count). The van der Waals surface area contributed by atoms with Gasteiger partial charge in [-0.2, -0.15) is 0 Å². The molecule has 0 unspecified atom stereocenters. The monoisotopic (exact) mass is 619 g/mol. The van der Waals surface area contributed by atoms with E-state index in [0.717, 1.165) is 25.9 Å². The van der Waals surface area contributed by atoms with Crippen LogP contribution in [0.5, 0.6) is 11.5 Å². The van der Waals surface area contributed by atoms with Crippen LogP contribution >= 0.6 is 0 Å². The Hall–Kier alpha value is -1.92. The molecule has 0 atom stereocenters. The van der Waals surface area contributed by atoms with Gasteiger partial charge in [0.2, 0.25) is 0 Å². The molecular weight excluding hydrogens is 548 g/mol. The van der Waals surface area contributed by atoms with Crippen LogP contribution < -0.4 is 9.47 Å². The van der Waals surface area contributed by atoms with E-state index >= 15 is 0 Å². The standard InChI is InChI=1S/C38H70N2O4/c1-7-9-11-13-15-17-19-21-23-25-31-39(3,4)33-37(41)43-35-27-29-36(30-28-35)44-38(42)34-40(5,6)32-26-24-22-20-18-16-14-12-10-8-2/h27-30H,7-26,31-34H2,1-6H3/q+2. The summed E-state index contributed by atoms with van der Waals surface area (Å²) in [5, 5.41) is 0. The molecule has 0 radical (unpaired) electrons. The zero-order valence-corrected chi connectivity index (χ0v) is 29.8. The number of nitrogens with zero attached hydrogens (tertiary/aromatic N) is 2. The number of hydrogen-bond acceptors (Lipinski definition) is 4. The maximum Gasteiger partial charge on any atom is 0.367 e. The maximum absolute atomic E-state index is 12.6. The van der Waals surface area contributed by atoms with Crippen LogP contribution in [0.15, 0.2) is 24.3 Å². The van der Waals surface area contributed by atoms with Crippen LogP contribution in [0.4, 0.5) is 0 Å². The van der Waals surface area contributed by atoms with Gasteiger partial charge in [0.05, 0.1) is 41.3 Å². The molecule has 0 saturated carbocycles. The lowest BCUT2D eigenvalue weighted by Gasteiger charge is -2.28. The number of ether oxygens (including phenoxy) is 2. The first-order valence-electron chi connectivity index (χ1n) is 18.2. The molecule has 1 aromatic carbocycles. The van der Waals surface area contributed by atoms with Gasteiger partial charge in [0.25, 0.3) is 0 Å². The number of esters is 2. The second kappa shape index (κ2) is 24.3. The Bertz CT molecular complexity index is 795. The van der Waals surface area contributed by atoms with E-state index in [9.17, 15) is 9.59 Å². The highest BCUT2D eigenvalue weighted by atomic mass is 16.5. The van der Waals surface area contributed by atoms with E-state index in [2.05, 4.69) is 42.0 Å². The van der Waals surface area contributed by atoms with Crippen molar-refractivity contribution < 1.29 is 28.0 Å².